The van der Waals surface area contributed by atoms with Crippen molar-refractivity contribution in [3.63, 3.8) is 0 Å². The monoisotopic (exact) mass is 352 g/mol. The molecule has 0 fully saturated rings. The first-order valence-corrected chi connectivity index (χ1v) is 9.24. The number of aromatic carboxylic acids is 1. The number of carboxylic acid groups (broad SMARTS) is 1. The Hall–Kier alpha value is -2.60. The molecule has 0 heterocycles. The fraction of sp³-hybridized carbons (Fsp3) is 0.348. The highest BCUT2D eigenvalue weighted by Crippen LogP contribution is 2.24. The molecule has 0 unspecified atom stereocenters. The topological polar surface area (TPSA) is 37.3 Å². The maximum Gasteiger partial charge on any atom is 0.335 e. The van der Waals surface area contributed by atoms with Crippen LogP contribution in [0.5, 0.6) is 0 Å². The second-order valence-corrected chi connectivity index (χ2v) is 6.39. The van der Waals surface area contributed by atoms with E-state index in [1.165, 1.54) is 44.2 Å². The molecule has 0 aliphatic heterocycles. The number of halogens is 1. The van der Waals surface area contributed by atoms with Crippen molar-refractivity contribution >= 4 is 5.97 Å². The molecule has 2 aromatic rings. The van der Waals surface area contributed by atoms with Crippen LogP contribution in [-0.4, -0.2) is 11.1 Å². The predicted octanol–water partition coefficient (Wildman–Crippen LogP) is 6.29. The molecule has 26 heavy (non-hydrogen) atoms. The van der Waals surface area contributed by atoms with Crippen molar-refractivity contribution < 1.29 is 14.3 Å². The van der Waals surface area contributed by atoms with E-state index in [-0.39, 0.29) is 11.4 Å². The normalized spacial score (nSPS) is 10.2. The summed E-state index contributed by atoms with van der Waals surface area (Å²) in [5, 5.41) is 9.00. The van der Waals surface area contributed by atoms with Crippen LogP contribution in [-0.2, 0) is 0 Å². The van der Waals surface area contributed by atoms with Gasteiger partial charge in [0.25, 0.3) is 0 Å². The van der Waals surface area contributed by atoms with Gasteiger partial charge in [-0.2, -0.15) is 0 Å². The van der Waals surface area contributed by atoms with Crippen LogP contribution in [0.3, 0.4) is 0 Å². The summed E-state index contributed by atoms with van der Waals surface area (Å²) < 4.78 is 13.6. The lowest BCUT2D eigenvalue weighted by Crippen LogP contribution is -1.95. The van der Waals surface area contributed by atoms with Crippen LogP contribution in [0.25, 0.3) is 11.1 Å². The summed E-state index contributed by atoms with van der Waals surface area (Å²) in [7, 11) is 0. The van der Waals surface area contributed by atoms with Gasteiger partial charge in [0.15, 0.2) is 0 Å². The fourth-order valence-electron chi connectivity index (χ4n) is 2.82. The van der Waals surface area contributed by atoms with Gasteiger partial charge in [-0.05, 0) is 41.8 Å². The van der Waals surface area contributed by atoms with E-state index in [9.17, 15) is 9.18 Å². The Kier molecular flexibility index (Phi) is 7.89. The minimum Gasteiger partial charge on any atom is -0.478 e. The molecule has 0 saturated carbocycles. The van der Waals surface area contributed by atoms with Gasteiger partial charge < -0.3 is 5.11 Å². The number of rotatable bonds is 8. The van der Waals surface area contributed by atoms with Crippen molar-refractivity contribution in [3.05, 3.63) is 59.4 Å². The fourth-order valence-corrected chi connectivity index (χ4v) is 2.82. The molecule has 1 N–H and O–H groups in total. The van der Waals surface area contributed by atoms with Gasteiger partial charge in [-0.15, -0.1) is 0 Å². The first-order chi connectivity index (χ1) is 12.6. The standard InChI is InChI=1S/C23H25FO2/c1-2-3-4-5-6-7-8-9-10-20-17-21(24)15-16-22(20)18-11-13-19(14-12-18)23(25)26/h11-17H,2-8H2,1H3,(H,25,26). The molecule has 0 aliphatic carbocycles. The number of benzene rings is 2. The van der Waals surface area contributed by atoms with Gasteiger partial charge in [-0.1, -0.05) is 69.1 Å². The van der Waals surface area contributed by atoms with E-state index in [0.29, 0.717) is 5.56 Å². The zero-order valence-corrected chi connectivity index (χ0v) is 15.2. The van der Waals surface area contributed by atoms with E-state index in [2.05, 4.69) is 18.8 Å². The summed E-state index contributed by atoms with van der Waals surface area (Å²) in [4.78, 5) is 11.0. The third-order valence-corrected chi connectivity index (χ3v) is 4.30. The maximum absolute atomic E-state index is 13.6. The number of hydrogen-bond acceptors (Lipinski definition) is 1. The molecule has 2 rings (SSSR count). The minimum absolute atomic E-state index is 0.228. The van der Waals surface area contributed by atoms with Crippen molar-refractivity contribution in [2.24, 2.45) is 0 Å². The number of carbonyl (C=O) groups is 1. The Morgan fingerprint density at radius 2 is 1.69 bits per heavy atom. The van der Waals surface area contributed by atoms with Gasteiger partial charge in [-0.3, -0.25) is 0 Å². The summed E-state index contributed by atoms with van der Waals surface area (Å²) in [6, 6.07) is 11.1. The lowest BCUT2D eigenvalue weighted by Gasteiger charge is -2.06. The molecule has 0 aliphatic rings. The molecular weight excluding hydrogens is 327 g/mol. The Labute approximate surface area is 155 Å². The van der Waals surface area contributed by atoms with Crippen LogP contribution in [0, 0.1) is 17.7 Å². The van der Waals surface area contributed by atoms with Gasteiger partial charge in [-0.25, -0.2) is 9.18 Å². The van der Waals surface area contributed by atoms with Crippen LogP contribution in [0.1, 0.15) is 67.8 Å². The van der Waals surface area contributed by atoms with Crippen molar-refractivity contribution in [1.29, 1.82) is 0 Å². The molecule has 0 radical (unpaired) electrons. The minimum atomic E-state index is -0.963. The van der Waals surface area contributed by atoms with E-state index < -0.39 is 5.97 Å². The molecule has 0 spiro atoms. The Morgan fingerprint density at radius 3 is 2.38 bits per heavy atom. The highest BCUT2D eigenvalue weighted by Gasteiger charge is 2.07. The lowest BCUT2D eigenvalue weighted by molar-refractivity contribution is 0.0697. The average Bonchev–Trinajstić information content (AvgIpc) is 2.64. The Bertz CT molecular complexity index is 782. The molecule has 0 aromatic heterocycles. The first kappa shape index (κ1) is 19.7. The zero-order chi connectivity index (χ0) is 18.8. The molecule has 3 heteroatoms. The Balaban J connectivity index is 2.06. The molecule has 2 aromatic carbocycles. The highest BCUT2D eigenvalue weighted by molar-refractivity contribution is 5.88. The summed E-state index contributed by atoms with van der Waals surface area (Å²) >= 11 is 0. The molecule has 0 bridgehead atoms. The lowest BCUT2D eigenvalue weighted by atomic mass is 9.98. The highest BCUT2D eigenvalue weighted by atomic mass is 19.1. The zero-order valence-electron chi connectivity index (χ0n) is 15.2. The number of hydrogen-bond donors (Lipinski definition) is 1. The van der Waals surface area contributed by atoms with E-state index in [1.807, 2.05) is 0 Å². The van der Waals surface area contributed by atoms with Crippen LogP contribution >= 0.6 is 0 Å². The summed E-state index contributed by atoms with van der Waals surface area (Å²) in [5.74, 6) is 4.95. The van der Waals surface area contributed by atoms with Crippen molar-refractivity contribution in [2.45, 2.75) is 51.9 Å². The molecular formula is C23H25FO2. The van der Waals surface area contributed by atoms with Gasteiger partial charge in [0.1, 0.15) is 5.82 Å². The van der Waals surface area contributed by atoms with Crippen LogP contribution < -0.4 is 0 Å². The van der Waals surface area contributed by atoms with Crippen LogP contribution in [0.4, 0.5) is 4.39 Å². The molecule has 0 atom stereocenters. The summed E-state index contributed by atoms with van der Waals surface area (Å²) in [5.41, 5.74) is 2.52. The van der Waals surface area contributed by atoms with Gasteiger partial charge >= 0.3 is 5.97 Å². The van der Waals surface area contributed by atoms with Crippen LogP contribution in [0.15, 0.2) is 42.5 Å². The molecule has 136 valence electrons. The smallest absolute Gasteiger partial charge is 0.335 e. The summed E-state index contributed by atoms with van der Waals surface area (Å²) in [6.07, 6.45) is 8.12. The number of carboxylic acids is 1. The van der Waals surface area contributed by atoms with E-state index in [1.54, 1.807) is 30.3 Å². The average molecular weight is 352 g/mol. The largest absolute Gasteiger partial charge is 0.478 e. The van der Waals surface area contributed by atoms with Gasteiger partial charge in [0.2, 0.25) is 0 Å². The Morgan fingerprint density at radius 1 is 1.00 bits per heavy atom. The molecule has 0 amide bonds. The molecule has 2 nitrogen and oxygen atoms in total. The van der Waals surface area contributed by atoms with E-state index in [4.69, 9.17) is 5.11 Å². The maximum atomic E-state index is 13.6. The molecule has 0 saturated heterocycles. The van der Waals surface area contributed by atoms with Gasteiger partial charge in [0.05, 0.1) is 5.56 Å². The van der Waals surface area contributed by atoms with Crippen molar-refractivity contribution in [2.75, 3.05) is 0 Å². The predicted molar refractivity (Wildman–Crippen MR) is 104 cm³/mol. The third-order valence-electron chi connectivity index (χ3n) is 4.30. The number of unbranched alkanes of at least 4 members (excludes halogenated alkanes) is 6. The third kappa shape index (κ3) is 6.04. The van der Waals surface area contributed by atoms with E-state index >= 15 is 0 Å². The first-order valence-electron chi connectivity index (χ1n) is 9.24. The summed E-state index contributed by atoms with van der Waals surface area (Å²) in [6.45, 7) is 2.21. The van der Waals surface area contributed by atoms with Crippen molar-refractivity contribution in [3.8, 4) is 23.0 Å². The van der Waals surface area contributed by atoms with Gasteiger partial charge in [0, 0.05) is 12.0 Å². The SMILES string of the molecule is CCCCCCCCC#Cc1cc(F)ccc1-c1ccc(C(=O)O)cc1. The van der Waals surface area contributed by atoms with Crippen LogP contribution in [0.2, 0.25) is 0 Å². The van der Waals surface area contributed by atoms with Crippen molar-refractivity contribution in [1.82, 2.24) is 0 Å². The second kappa shape index (κ2) is 10.4. The quantitative estimate of drug-likeness (QED) is 0.447. The van der Waals surface area contributed by atoms with E-state index in [0.717, 1.165) is 24.0 Å². The second-order valence-electron chi connectivity index (χ2n) is 6.39.